The van der Waals surface area contributed by atoms with E-state index in [4.69, 9.17) is 0 Å². The molecule has 0 amide bonds. The van der Waals surface area contributed by atoms with E-state index in [2.05, 4.69) is 40.9 Å². The maximum Gasteiger partial charge on any atom is 0.137 e. The number of aromatic hydroxyl groups is 1. The molecule has 0 atom stereocenters. The Bertz CT molecular complexity index is 714. The van der Waals surface area contributed by atoms with Crippen LogP contribution in [0.5, 0.6) is 5.75 Å². The molecule has 0 spiro atoms. The fourth-order valence-corrected chi connectivity index (χ4v) is 2.41. The molecule has 0 saturated carbocycles. The average Bonchev–Trinajstić information content (AvgIpc) is 3.15. The molecular weight excluding hydrogens is 292 g/mol. The predicted molar refractivity (Wildman–Crippen MR) is 85.1 cm³/mol. The van der Waals surface area contributed by atoms with E-state index in [9.17, 15) is 5.11 Å². The molecule has 120 valence electrons. The van der Waals surface area contributed by atoms with E-state index in [1.54, 1.807) is 22.0 Å². The smallest absolute Gasteiger partial charge is 0.137 e. The van der Waals surface area contributed by atoms with Gasteiger partial charge in [0.1, 0.15) is 31.1 Å². The van der Waals surface area contributed by atoms with E-state index in [1.807, 2.05) is 12.1 Å². The van der Waals surface area contributed by atoms with Gasteiger partial charge in [-0.1, -0.05) is 20.8 Å². The number of aromatic nitrogens is 6. The lowest BCUT2D eigenvalue weighted by Gasteiger charge is -2.22. The Hall–Kier alpha value is -2.70. The summed E-state index contributed by atoms with van der Waals surface area (Å²) in [5.74, 6) is 0.268. The van der Waals surface area contributed by atoms with Gasteiger partial charge in [-0.05, 0) is 23.1 Å². The first-order valence-electron chi connectivity index (χ1n) is 7.43. The van der Waals surface area contributed by atoms with Crippen molar-refractivity contribution in [1.82, 2.24) is 29.5 Å². The Labute approximate surface area is 134 Å². The molecule has 0 bridgehead atoms. The summed E-state index contributed by atoms with van der Waals surface area (Å²) >= 11 is 0. The third kappa shape index (κ3) is 3.39. The van der Waals surface area contributed by atoms with Crippen molar-refractivity contribution in [3.63, 3.8) is 0 Å². The molecule has 7 heteroatoms. The zero-order valence-electron chi connectivity index (χ0n) is 13.5. The van der Waals surface area contributed by atoms with E-state index in [0.717, 1.165) is 16.7 Å². The number of nitrogens with zero attached hydrogens (tertiary/aromatic N) is 6. The van der Waals surface area contributed by atoms with Crippen LogP contribution < -0.4 is 0 Å². The minimum absolute atomic E-state index is 0.0259. The summed E-state index contributed by atoms with van der Waals surface area (Å²) in [6, 6.07) is 4.06. The van der Waals surface area contributed by atoms with Crippen LogP contribution in [0.2, 0.25) is 0 Å². The van der Waals surface area contributed by atoms with Gasteiger partial charge in [-0.15, -0.1) is 0 Å². The van der Waals surface area contributed by atoms with Gasteiger partial charge in [-0.25, -0.2) is 19.3 Å². The first kappa shape index (κ1) is 15.2. The zero-order chi connectivity index (χ0) is 16.4. The minimum atomic E-state index is -0.0259. The highest BCUT2D eigenvalue weighted by molar-refractivity contribution is 5.45. The summed E-state index contributed by atoms with van der Waals surface area (Å²) in [5, 5.41) is 18.9. The van der Waals surface area contributed by atoms with Gasteiger partial charge >= 0.3 is 0 Å². The van der Waals surface area contributed by atoms with Crippen LogP contribution in [0.4, 0.5) is 0 Å². The Kier molecular flexibility index (Phi) is 3.85. The molecule has 3 rings (SSSR count). The van der Waals surface area contributed by atoms with E-state index >= 15 is 0 Å². The third-order valence-corrected chi connectivity index (χ3v) is 3.73. The fraction of sp³-hybridized carbons (Fsp3) is 0.375. The van der Waals surface area contributed by atoms with Gasteiger partial charge < -0.3 is 5.11 Å². The quantitative estimate of drug-likeness (QED) is 0.796. The number of rotatable bonds is 4. The molecule has 0 aliphatic rings. The highest BCUT2D eigenvalue weighted by atomic mass is 16.3. The van der Waals surface area contributed by atoms with Crippen LogP contribution in [0.25, 0.3) is 0 Å². The zero-order valence-corrected chi connectivity index (χ0v) is 13.5. The maximum atomic E-state index is 10.7. The molecule has 0 radical (unpaired) electrons. The van der Waals surface area contributed by atoms with Crippen molar-refractivity contribution < 1.29 is 5.11 Å². The van der Waals surface area contributed by atoms with Gasteiger partial charge in [0.2, 0.25) is 0 Å². The molecule has 7 nitrogen and oxygen atoms in total. The predicted octanol–water partition coefficient (Wildman–Crippen LogP) is 1.97. The Morgan fingerprint density at radius 3 is 1.74 bits per heavy atom. The summed E-state index contributed by atoms with van der Waals surface area (Å²) in [4.78, 5) is 7.90. The molecule has 2 heterocycles. The summed E-state index contributed by atoms with van der Waals surface area (Å²) in [6.07, 6.45) is 6.25. The summed E-state index contributed by atoms with van der Waals surface area (Å²) < 4.78 is 3.39. The normalized spacial score (nSPS) is 11.8. The first-order chi connectivity index (χ1) is 10.9. The van der Waals surface area contributed by atoms with Crippen LogP contribution >= 0.6 is 0 Å². The Morgan fingerprint density at radius 1 is 0.913 bits per heavy atom. The molecule has 0 saturated heterocycles. The lowest BCUT2D eigenvalue weighted by atomic mass is 9.84. The molecule has 23 heavy (non-hydrogen) atoms. The van der Waals surface area contributed by atoms with Crippen molar-refractivity contribution in [2.24, 2.45) is 0 Å². The summed E-state index contributed by atoms with van der Waals surface area (Å²) in [6.45, 7) is 7.40. The monoisotopic (exact) mass is 312 g/mol. The van der Waals surface area contributed by atoms with E-state index in [-0.39, 0.29) is 11.2 Å². The van der Waals surface area contributed by atoms with Gasteiger partial charge in [0.05, 0.1) is 13.1 Å². The number of hydrogen-bond donors (Lipinski definition) is 1. The van der Waals surface area contributed by atoms with Crippen LogP contribution in [-0.4, -0.2) is 34.6 Å². The minimum Gasteiger partial charge on any atom is -0.507 e. The molecule has 3 aromatic rings. The van der Waals surface area contributed by atoms with Gasteiger partial charge in [0.15, 0.2) is 0 Å². The van der Waals surface area contributed by atoms with Crippen LogP contribution in [0.15, 0.2) is 37.4 Å². The first-order valence-corrected chi connectivity index (χ1v) is 7.43. The maximum absolute atomic E-state index is 10.7. The molecule has 0 unspecified atom stereocenters. The third-order valence-electron chi connectivity index (χ3n) is 3.73. The summed E-state index contributed by atoms with van der Waals surface area (Å²) in [5.41, 5.74) is 2.76. The molecule has 1 aromatic carbocycles. The standard InChI is InChI=1S/C16H20N6O/c1-16(2,3)14-4-12(6-21-10-17-8-19-21)15(23)13(5-14)7-22-11-18-9-20-22/h4-5,8-11,23H,6-7H2,1-3H3. The van der Waals surface area contributed by atoms with Crippen molar-refractivity contribution >= 4 is 0 Å². The Morgan fingerprint density at radius 2 is 1.39 bits per heavy atom. The molecule has 0 aliphatic heterocycles. The highest BCUT2D eigenvalue weighted by Gasteiger charge is 2.19. The number of hydrogen-bond acceptors (Lipinski definition) is 5. The lowest BCUT2D eigenvalue weighted by molar-refractivity contribution is 0.450. The van der Waals surface area contributed by atoms with E-state index < -0.39 is 0 Å². The van der Waals surface area contributed by atoms with Gasteiger partial charge in [0, 0.05) is 11.1 Å². The van der Waals surface area contributed by atoms with Gasteiger partial charge in [-0.2, -0.15) is 10.2 Å². The van der Waals surface area contributed by atoms with Crippen LogP contribution in [-0.2, 0) is 18.5 Å². The van der Waals surface area contributed by atoms with Crippen LogP contribution in [0.3, 0.4) is 0 Å². The van der Waals surface area contributed by atoms with Gasteiger partial charge in [0.25, 0.3) is 0 Å². The van der Waals surface area contributed by atoms with Crippen molar-refractivity contribution in [3.8, 4) is 5.75 Å². The van der Waals surface area contributed by atoms with Gasteiger partial charge in [-0.3, -0.25) is 0 Å². The molecule has 1 N–H and O–H groups in total. The van der Waals surface area contributed by atoms with Crippen molar-refractivity contribution in [2.45, 2.75) is 39.3 Å². The van der Waals surface area contributed by atoms with Crippen molar-refractivity contribution in [1.29, 1.82) is 0 Å². The SMILES string of the molecule is CC(C)(C)c1cc(Cn2cncn2)c(O)c(Cn2cncn2)c1. The van der Waals surface area contributed by atoms with E-state index in [1.165, 1.54) is 12.7 Å². The van der Waals surface area contributed by atoms with Crippen molar-refractivity contribution in [3.05, 3.63) is 54.1 Å². The highest BCUT2D eigenvalue weighted by Crippen LogP contribution is 2.32. The van der Waals surface area contributed by atoms with E-state index in [0.29, 0.717) is 13.1 Å². The molecule has 2 aromatic heterocycles. The Balaban J connectivity index is 2.03. The second-order valence-corrected chi connectivity index (χ2v) is 6.58. The topological polar surface area (TPSA) is 81.6 Å². The van der Waals surface area contributed by atoms with Crippen molar-refractivity contribution in [2.75, 3.05) is 0 Å². The second kappa shape index (κ2) is 5.83. The second-order valence-electron chi connectivity index (χ2n) is 6.58. The fourth-order valence-electron chi connectivity index (χ4n) is 2.41. The number of phenolic OH excluding ortho intramolecular Hbond substituents is 1. The average molecular weight is 312 g/mol. The molecule has 0 aliphatic carbocycles. The largest absolute Gasteiger partial charge is 0.507 e. The van der Waals surface area contributed by atoms with Crippen LogP contribution in [0.1, 0.15) is 37.5 Å². The molecular formula is C16H20N6O. The van der Waals surface area contributed by atoms with Crippen LogP contribution in [0, 0.1) is 0 Å². The lowest BCUT2D eigenvalue weighted by Crippen LogP contribution is -2.14. The number of benzene rings is 1. The summed E-state index contributed by atoms with van der Waals surface area (Å²) in [7, 11) is 0. The molecule has 0 fully saturated rings. The number of phenols is 1.